The number of hydrogen-bond donors (Lipinski definition) is 0. The van der Waals surface area contributed by atoms with E-state index in [1.165, 1.54) is 0 Å². The molecule has 328 valence electrons. The fourth-order valence-electron chi connectivity index (χ4n) is 8.02. The third-order valence-corrected chi connectivity index (χ3v) is 12.2. The van der Waals surface area contributed by atoms with Gasteiger partial charge < -0.3 is 22.6 Å². The molecule has 7 aromatic rings. The van der Waals surface area contributed by atoms with Crippen LogP contribution in [0.1, 0.15) is 57.3 Å². The van der Waals surface area contributed by atoms with Crippen molar-refractivity contribution in [3.8, 4) is 5.75 Å². The summed E-state index contributed by atoms with van der Waals surface area (Å²) in [4.78, 5) is 0. The third-order valence-electron chi connectivity index (χ3n) is 11.0. The first kappa shape index (κ1) is 46.7. The fraction of sp³-hybridized carbons (Fsp3) is 0.160. The molecular weight excluding hydrogens is 867 g/mol. The summed E-state index contributed by atoms with van der Waals surface area (Å²) >= 11 is 0. The number of alkyl halides is 6. The highest BCUT2D eigenvalue weighted by Gasteiger charge is 2.40. The van der Waals surface area contributed by atoms with Crippen LogP contribution in [0.2, 0.25) is 0 Å². The lowest BCUT2D eigenvalue weighted by Crippen LogP contribution is -2.31. The van der Waals surface area contributed by atoms with Gasteiger partial charge in [-0.25, -0.2) is 0 Å². The van der Waals surface area contributed by atoms with Gasteiger partial charge >= 0.3 is 19.7 Å². The molecule has 0 aliphatic heterocycles. The monoisotopic (exact) mass is 910 g/mol. The van der Waals surface area contributed by atoms with Crippen LogP contribution in [-0.2, 0) is 41.1 Å². The van der Waals surface area contributed by atoms with Crippen LogP contribution in [0.4, 0.5) is 26.3 Å². The average Bonchev–Trinajstić information content (AvgIpc) is 3.32. The van der Waals surface area contributed by atoms with E-state index in [1.54, 1.807) is 0 Å². The lowest BCUT2D eigenvalue weighted by Gasteiger charge is -2.36. The van der Waals surface area contributed by atoms with E-state index in [0.717, 1.165) is 33.4 Å². The maximum Gasteiger partial charge on any atom is 0.722 e. The van der Waals surface area contributed by atoms with E-state index in [0.29, 0.717) is 25.0 Å². The van der Waals surface area contributed by atoms with Gasteiger partial charge in [0.05, 0.1) is 24.3 Å². The van der Waals surface area contributed by atoms with Gasteiger partial charge in [0.2, 0.25) is 0 Å². The molecule has 0 aromatic heterocycles. The zero-order valence-electron chi connectivity index (χ0n) is 34.3. The Morgan fingerprint density at radius 2 is 0.625 bits per heavy atom. The Morgan fingerprint density at radius 1 is 0.359 bits per heavy atom. The van der Waals surface area contributed by atoms with Crippen LogP contribution in [0.5, 0.6) is 5.75 Å². The van der Waals surface area contributed by atoms with Crippen molar-refractivity contribution in [2.24, 2.45) is 0 Å². The molecule has 0 aliphatic rings. The average molecular weight is 911 g/mol. The Morgan fingerprint density at radius 3 is 0.875 bits per heavy atom. The summed E-state index contributed by atoms with van der Waals surface area (Å²) in [5.41, 5.74) is 1.69. The molecule has 0 heterocycles. The summed E-state index contributed by atoms with van der Waals surface area (Å²) in [6.07, 6.45) is -9.32. The van der Waals surface area contributed by atoms with Crippen molar-refractivity contribution in [3.05, 3.63) is 245 Å². The first-order valence-corrected chi connectivity index (χ1v) is 22.0. The van der Waals surface area contributed by atoms with E-state index in [9.17, 15) is 26.3 Å². The maximum absolute atomic E-state index is 13.9. The molecule has 2 unspecified atom stereocenters. The van der Waals surface area contributed by atoms with Gasteiger partial charge in [-0.05, 0) is 64.4 Å². The summed E-state index contributed by atoms with van der Waals surface area (Å²) < 4.78 is 112. The van der Waals surface area contributed by atoms with E-state index < -0.39 is 65.4 Å². The van der Waals surface area contributed by atoms with E-state index in [-0.39, 0.29) is 19.3 Å². The lowest BCUT2D eigenvalue weighted by molar-refractivity contribution is -0.143. The van der Waals surface area contributed by atoms with Crippen molar-refractivity contribution in [3.63, 3.8) is 0 Å². The predicted octanol–water partition coefficient (Wildman–Crippen LogP) is 14.0. The van der Waals surface area contributed by atoms with E-state index in [4.69, 9.17) is 22.6 Å². The fourth-order valence-corrected chi connectivity index (χ4v) is 8.97. The van der Waals surface area contributed by atoms with Gasteiger partial charge in [0.1, 0.15) is 23.8 Å². The summed E-state index contributed by atoms with van der Waals surface area (Å²) in [5.74, 6) is -0.769. The largest absolute Gasteiger partial charge is 0.722 e. The molecule has 0 N–H and O–H groups in total. The molecule has 64 heavy (non-hydrogen) atoms. The van der Waals surface area contributed by atoms with E-state index in [1.807, 2.05) is 182 Å². The van der Waals surface area contributed by atoms with Crippen molar-refractivity contribution < 1.29 is 48.9 Å². The van der Waals surface area contributed by atoms with Gasteiger partial charge in [-0.2, -0.15) is 26.3 Å². The number of halogens is 6. The number of benzene rings is 7. The Balaban J connectivity index is 1.10. The molecule has 0 saturated carbocycles. The van der Waals surface area contributed by atoms with Gasteiger partial charge in [-0.3, -0.25) is 0 Å². The minimum absolute atomic E-state index is 0.0240. The lowest BCUT2D eigenvalue weighted by atomic mass is 9.67. The van der Waals surface area contributed by atoms with Crippen LogP contribution < -0.4 is 4.65 Å². The van der Waals surface area contributed by atoms with Crippen LogP contribution >= 0.6 is 18.1 Å². The molecule has 7 rings (SSSR count). The van der Waals surface area contributed by atoms with E-state index in [2.05, 4.69) is 0 Å². The highest BCUT2D eigenvalue weighted by atomic mass is 31.1. The Hall–Kier alpha value is -5.32. The molecule has 14 heteroatoms. The molecule has 0 spiro atoms. The first-order valence-electron chi connectivity index (χ1n) is 20.3. The van der Waals surface area contributed by atoms with Crippen LogP contribution in [-0.4, -0.2) is 20.5 Å². The quantitative estimate of drug-likeness (QED) is 0.0251. The van der Waals surface area contributed by atoms with Crippen LogP contribution in [0.25, 0.3) is 0 Å². The third kappa shape index (κ3) is 11.3. The summed E-state index contributed by atoms with van der Waals surface area (Å²) in [5, 5.41) is 0. The predicted molar refractivity (Wildman–Crippen MR) is 241 cm³/mol. The molecule has 0 fully saturated rings. The van der Waals surface area contributed by atoms with E-state index >= 15 is 0 Å². The van der Waals surface area contributed by atoms with Gasteiger partial charge in [-0.15, -0.1) is 0 Å². The second-order valence-electron chi connectivity index (χ2n) is 14.8. The summed E-state index contributed by atoms with van der Waals surface area (Å²) in [6.45, 7) is 0.260. The molecule has 0 saturated heterocycles. The van der Waals surface area contributed by atoms with Crippen molar-refractivity contribution in [1.82, 2.24) is 0 Å². The Bertz CT molecular complexity index is 2110. The normalized spacial score (nSPS) is 12.6. The first-order chi connectivity index (χ1) is 31.0. The zero-order valence-corrected chi connectivity index (χ0v) is 36.3. The second-order valence-corrected chi connectivity index (χ2v) is 16.1. The molecule has 7 aromatic carbocycles. The second kappa shape index (κ2) is 21.6. The van der Waals surface area contributed by atoms with Gasteiger partial charge in [0, 0.05) is 10.8 Å². The molecule has 0 amide bonds. The van der Waals surface area contributed by atoms with Crippen molar-refractivity contribution in [2.45, 2.75) is 36.0 Å². The SMILES string of the molecule is FC(F)(F)c1cc(OB(OPOCCC(c2ccccc2)(c2ccccc2)c2ccccc2)OPOCCC(c2ccccc2)(c2ccccc2)c2ccccc2)cc(C(F)(F)F)c1. The highest BCUT2D eigenvalue weighted by Crippen LogP contribution is 2.45. The molecule has 0 aliphatic carbocycles. The standard InChI is InChI=1S/C50H43BF6O5P2/c52-49(53,54)44-35-45(50(55,56)57)37-46(36-44)60-51(61-63-58-33-31-47(38-19-7-1-8-20-38,39-21-9-2-10-22-39)40-23-11-3-12-24-40)62-64-59-34-32-48(41-25-13-4-14-26-41,42-27-15-5-16-28-42)43-29-17-6-18-30-43/h1-30,35-37,63-64H,31-34H2. The van der Waals surface area contributed by atoms with Crippen molar-refractivity contribution in [1.29, 1.82) is 0 Å². The Kier molecular flexibility index (Phi) is 15.7. The number of rotatable bonds is 20. The summed E-state index contributed by atoms with van der Waals surface area (Å²) in [6, 6.07) is 60.7. The molecule has 5 nitrogen and oxygen atoms in total. The van der Waals surface area contributed by atoms with Crippen LogP contribution in [0, 0.1) is 0 Å². The molecule has 2 atom stereocenters. The van der Waals surface area contributed by atoms with Crippen molar-refractivity contribution >= 4 is 25.4 Å². The van der Waals surface area contributed by atoms with Gasteiger partial charge in [-0.1, -0.05) is 182 Å². The smallest absolute Gasteiger partial charge is 0.511 e. The number of hydrogen-bond acceptors (Lipinski definition) is 5. The van der Waals surface area contributed by atoms with Crippen molar-refractivity contribution in [2.75, 3.05) is 13.2 Å². The molecular formula is C50H43BF6O5P2. The Labute approximate surface area is 372 Å². The minimum atomic E-state index is -5.10. The zero-order chi connectivity index (χ0) is 44.9. The van der Waals surface area contributed by atoms with Crippen LogP contribution in [0.15, 0.2) is 200 Å². The van der Waals surface area contributed by atoms with Gasteiger partial charge in [0.15, 0.2) is 0 Å². The molecule has 0 bridgehead atoms. The van der Waals surface area contributed by atoms with Crippen LogP contribution in [0.3, 0.4) is 0 Å². The minimum Gasteiger partial charge on any atom is -0.511 e. The topological polar surface area (TPSA) is 46.2 Å². The highest BCUT2D eigenvalue weighted by molar-refractivity contribution is 7.30. The van der Waals surface area contributed by atoms with Gasteiger partial charge in [0.25, 0.3) is 0 Å². The molecule has 0 radical (unpaired) electrons. The summed E-state index contributed by atoms with van der Waals surface area (Å²) in [7, 11) is -3.42. The maximum atomic E-state index is 13.9.